The molecule has 1 atom stereocenters. The second-order valence-electron chi connectivity index (χ2n) is 7.08. The number of benzene rings is 1. The van der Waals surface area contributed by atoms with Crippen molar-refractivity contribution < 1.29 is 37.8 Å². The van der Waals surface area contributed by atoms with Crippen LogP contribution in [0, 0.1) is 5.92 Å². The van der Waals surface area contributed by atoms with Crippen molar-refractivity contribution >= 4 is 39.4 Å². The van der Waals surface area contributed by atoms with Crippen LogP contribution >= 0.6 is 15.9 Å². The van der Waals surface area contributed by atoms with E-state index in [1.165, 1.54) is 0 Å². The maximum Gasteiger partial charge on any atom is 0.490 e. The van der Waals surface area contributed by atoms with Crippen molar-refractivity contribution in [2.75, 3.05) is 18.4 Å². The van der Waals surface area contributed by atoms with Crippen LogP contribution < -0.4 is 5.32 Å². The lowest BCUT2D eigenvalue weighted by Crippen LogP contribution is -2.43. The Labute approximate surface area is 195 Å². The van der Waals surface area contributed by atoms with Crippen molar-refractivity contribution in [2.45, 2.75) is 25.1 Å². The molecule has 3 rings (SSSR count). The third-order valence-electron chi connectivity index (χ3n) is 4.79. The van der Waals surface area contributed by atoms with Gasteiger partial charge in [-0.1, -0.05) is 28.1 Å². The molecular weight excluding hydrogens is 511 g/mol. The van der Waals surface area contributed by atoms with E-state index in [-0.39, 0.29) is 17.7 Å². The quantitative estimate of drug-likeness (QED) is 0.556. The number of nitrogens with one attached hydrogen (secondary N) is 1. The monoisotopic (exact) mass is 531 g/mol. The predicted molar refractivity (Wildman–Crippen MR) is 115 cm³/mol. The fourth-order valence-electron chi connectivity index (χ4n) is 3.00. The Balaban J connectivity index is 0.000000479. The van der Waals surface area contributed by atoms with E-state index in [0.717, 1.165) is 4.47 Å². The second-order valence-corrected chi connectivity index (χ2v) is 8.00. The van der Waals surface area contributed by atoms with Gasteiger partial charge in [0, 0.05) is 41.6 Å². The minimum absolute atomic E-state index is 0.0447. The Hall–Kier alpha value is -2.99. The average molecular weight is 532 g/mol. The van der Waals surface area contributed by atoms with Crippen LogP contribution in [0.2, 0.25) is 0 Å². The largest absolute Gasteiger partial charge is 0.490 e. The van der Waals surface area contributed by atoms with E-state index in [4.69, 9.17) is 9.90 Å². The summed E-state index contributed by atoms with van der Waals surface area (Å²) in [6.07, 6.45) is -1.85. The summed E-state index contributed by atoms with van der Waals surface area (Å²) in [7, 11) is 0. The summed E-state index contributed by atoms with van der Waals surface area (Å²) in [6.45, 7) is 0.918. The van der Waals surface area contributed by atoms with Gasteiger partial charge in [0.05, 0.1) is 0 Å². The molecule has 1 aliphatic rings. The molecule has 0 saturated carbocycles. The molecule has 33 heavy (non-hydrogen) atoms. The van der Waals surface area contributed by atoms with E-state index in [1.54, 1.807) is 53.7 Å². The summed E-state index contributed by atoms with van der Waals surface area (Å²) < 4.78 is 32.6. The number of carboxylic acids is 1. The third-order valence-corrected chi connectivity index (χ3v) is 5.32. The molecule has 2 aromatic rings. The predicted octanol–water partition coefficient (Wildman–Crippen LogP) is 3.39. The number of aliphatic hydroxyl groups excluding tert-OH is 1. The molecule has 1 fully saturated rings. The maximum atomic E-state index is 12.5. The molecule has 3 N–H and O–H groups in total. The van der Waals surface area contributed by atoms with Gasteiger partial charge in [0.1, 0.15) is 0 Å². The number of piperidine rings is 1. The lowest BCUT2D eigenvalue weighted by atomic mass is 9.95. The molecule has 2 amide bonds. The van der Waals surface area contributed by atoms with Gasteiger partial charge in [-0.3, -0.25) is 14.6 Å². The molecule has 12 heteroatoms. The number of alkyl halides is 3. The molecule has 1 aliphatic heterocycles. The number of likely N-dealkylation sites (tertiary alicyclic amines) is 1. The first-order valence-electron chi connectivity index (χ1n) is 9.72. The second kappa shape index (κ2) is 11.8. The first kappa shape index (κ1) is 26.3. The zero-order valence-corrected chi connectivity index (χ0v) is 18.7. The number of aliphatic hydroxyl groups is 1. The van der Waals surface area contributed by atoms with Crippen LogP contribution in [0.5, 0.6) is 0 Å². The molecule has 178 valence electrons. The van der Waals surface area contributed by atoms with Gasteiger partial charge in [-0.15, -0.1) is 0 Å². The maximum absolute atomic E-state index is 12.5. The fourth-order valence-corrected chi connectivity index (χ4v) is 3.27. The van der Waals surface area contributed by atoms with E-state index in [1.807, 2.05) is 0 Å². The smallest absolute Gasteiger partial charge is 0.475 e. The molecule has 2 heterocycles. The van der Waals surface area contributed by atoms with Crippen LogP contribution in [0.15, 0.2) is 53.3 Å². The first-order chi connectivity index (χ1) is 15.5. The number of carbonyl (C=O) groups is 3. The van der Waals surface area contributed by atoms with Crippen LogP contribution in [0.1, 0.15) is 24.5 Å². The van der Waals surface area contributed by atoms with Crippen LogP contribution in [0.25, 0.3) is 0 Å². The number of pyridine rings is 1. The van der Waals surface area contributed by atoms with Gasteiger partial charge in [-0.2, -0.15) is 13.2 Å². The number of carboxylic acid groups (broad SMARTS) is 1. The van der Waals surface area contributed by atoms with Crippen molar-refractivity contribution in [3.63, 3.8) is 0 Å². The Morgan fingerprint density at radius 3 is 2.06 bits per heavy atom. The number of aromatic nitrogens is 1. The van der Waals surface area contributed by atoms with E-state index in [9.17, 15) is 27.9 Å². The molecule has 0 aliphatic carbocycles. The Bertz CT molecular complexity index is 950. The highest BCUT2D eigenvalue weighted by atomic mass is 79.9. The number of nitrogens with zero attached hydrogens (tertiary/aromatic N) is 2. The lowest BCUT2D eigenvalue weighted by Gasteiger charge is -2.32. The standard InChI is InChI=1S/C19H20BrN3O3.C2HF3O2/c20-15-3-1-13(2-4-15)17(24)19(26)23-11-7-14(8-12-23)18(25)22-16-5-9-21-10-6-16;3-2(4,5)1(6)7/h1-6,9-10,14,17,24H,7-8,11-12H2,(H,21,22,25);(H,6,7). The molecule has 1 aromatic carbocycles. The number of carbonyl (C=O) groups excluding carboxylic acids is 2. The summed E-state index contributed by atoms with van der Waals surface area (Å²) in [5, 5.41) is 20.3. The fraction of sp³-hybridized carbons (Fsp3) is 0.333. The van der Waals surface area contributed by atoms with Gasteiger partial charge in [0.2, 0.25) is 5.91 Å². The van der Waals surface area contributed by atoms with Crippen molar-refractivity contribution in [1.82, 2.24) is 9.88 Å². The minimum atomic E-state index is -5.08. The van der Waals surface area contributed by atoms with Gasteiger partial charge in [0.15, 0.2) is 6.10 Å². The molecule has 8 nitrogen and oxygen atoms in total. The van der Waals surface area contributed by atoms with Gasteiger partial charge in [-0.05, 0) is 42.7 Å². The summed E-state index contributed by atoms with van der Waals surface area (Å²) in [5.41, 5.74) is 1.28. The summed E-state index contributed by atoms with van der Waals surface area (Å²) in [6, 6.07) is 10.5. The van der Waals surface area contributed by atoms with E-state index < -0.39 is 18.2 Å². The van der Waals surface area contributed by atoms with Gasteiger partial charge in [0.25, 0.3) is 5.91 Å². The zero-order chi connectivity index (χ0) is 24.6. The van der Waals surface area contributed by atoms with E-state index in [0.29, 0.717) is 37.2 Å². The number of hydrogen-bond acceptors (Lipinski definition) is 5. The molecule has 1 unspecified atom stereocenters. The number of rotatable bonds is 4. The summed E-state index contributed by atoms with van der Waals surface area (Å²) in [4.78, 5) is 39.3. The Morgan fingerprint density at radius 1 is 1.06 bits per heavy atom. The highest BCUT2D eigenvalue weighted by molar-refractivity contribution is 9.10. The topological polar surface area (TPSA) is 120 Å². The first-order valence-corrected chi connectivity index (χ1v) is 10.5. The molecular formula is C21H21BrF3N3O5. The van der Waals surface area contributed by atoms with Crippen molar-refractivity contribution in [1.29, 1.82) is 0 Å². The van der Waals surface area contributed by atoms with Crippen LogP contribution in [0.3, 0.4) is 0 Å². The average Bonchev–Trinajstić information content (AvgIpc) is 2.79. The highest BCUT2D eigenvalue weighted by Gasteiger charge is 2.38. The SMILES string of the molecule is O=C(Nc1ccncc1)C1CCN(C(=O)C(O)c2ccc(Br)cc2)CC1.O=C(O)C(F)(F)F. The highest BCUT2D eigenvalue weighted by Crippen LogP contribution is 2.24. The van der Waals surface area contributed by atoms with Crippen LogP contribution in [-0.2, 0) is 14.4 Å². The van der Waals surface area contributed by atoms with Crippen molar-refractivity contribution in [2.24, 2.45) is 5.92 Å². The van der Waals surface area contributed by atoms with Crippen LogP contribution in [0.4, 0.5) is 18.9 Å². The van der Waals surface area contributed by atoms with Crippen LogP contribution in [-0.4, -0.2) is 57.1 Å². The number of halogens is 4. The number of anilines is 1. The van der Waals surface area contributed by atoms with Gasteiger partial charge < -0.3 is 20.4 Å². The number of amides is 2. The van der Waals surface area contributed by atoms with Gasteiger partial charge in [-0.25, -0.2) is 4.79 Å². The normalized spacial score (nSPS) is 15.1. The van der Waals surface area contributed by atoms with E-state index >= 15 is 0 Å². The molecule has 1 saturated heterocycles. The van der Waals surface area contributed by atoms with E-state index in [2.05, 4.69) is 26.2 Å². The minimum Gasteiger partial charge on any atom is -0.475 e. The molecule has 0 radical (unpaired) electrons. The Kier molecular flexibility index (Phi) is 9.35. The lowest BCUT2D eigenvalue weighted by molar-refractivity contribution is -0.192. The van der Waals surface area contributed by atoms with Gasteiger partial charge >= 0.3 is 12.1 Å². The zero-order valence-electron chi connectivity index (χ0n) is 17.1. The third kappa shape index (κ3) is 8.13. The molecule has 1 aromatic heterocycles. The number of aliphatic carboxylic acids is 1. The summed E-state index contributed by atoms with van der Waals surface area (Å²) in [5.74, 6) is -3.26. The summed E-state index contributed by atoms with van der Waals surface area (Å²) >= 11 is 3.33. The number of hydrogen-bond donors (Lipinski definition) is 3. The van der Waals surface area contributed by atoms with Crippen molar-refractivity contribution in [3.8, 4) is 0 Å². The Morgan fingerprint density at radius 2 is 1.58 bits per heavy atom. The molecule has 0 spiro atoms. The van der Waals surface area contributed by atoms with Crippen molar-refractivity contribution in [3.05, 3.63) is 58.8 Å². The molecule has 0 bridgehead atoms.